The lowest BCUT2D eigenvalue weighted by molar-refractivity contribution is -0.130. The van der Waals surface area contributed by atoms with Gasteiger partial charge in [-0.2, -0.15) is 8.42 Å². The van der Waals surface area contributed by atoms with E-state index in [1.54, 1.807) is 0 Å². The summed E-state index contributed by atoms with van der Waals surface area (Å²) in [5.74, 6) is 3.48. The van der Waals surface area contributed by atoms with Crippen molar-refractivity contribution < 1.29 is 22.9 Å². The number of nitrogens with one attached hydrogen (secondary N) is 1. The van der Waals surface area contributed by atoms with E-state index in [9.17, 15) is 22.9 Å². The van der Waals surface area contributed by atoms with Gasteiger partial charge in [-0.1, -0.05) is 51.1 Å². The molecular formula is C33H51NO5S. The summed E-state index contributed by atoms with van der Waals surface area (Å²) in [5, 5.41) is 13.2. The number of aliphatic hydroxyl groups is 1. The summed E-state index contributed by atoms with van der Waals surface area (Å²) < 4.78 is 32.7. The van der Waals surface area contributed by atoms with Gasteiger partial charge in [-0.15, -0.1) is 0 Å². The Morgan fingerprint density at radius 2 is 1.70 bits per heavy atom. The summed E-state index contributed by atoms with van der Waals surface area (Å²) in [5.41, 5.74) is 1.65. The Kier molecular flexibility index (Phi) is 8.77. The van der Waals surface area contributed by atoms with Crippen LogP contribution in [0.2, 0.25) is 0 Å². The molecule has 4 fully saturated rings. The Hall–Kier alpha value is -1.44. The number of aliphatic hydroxyl groups excluding tert-OH is 1. The van der Waals surface area contributed by atoms with Gasteiger partial charge in [-0.05, 0) is 123 Å². The Morgan fingerprint density at radius 3 is 2.42 bits per heavy atom. The largest absolute Gasteiger partial charge is 0.393 e. The molecule has 1 aromatic carbocycles. The smallest absolute Gasteiger partial charge is 0.266 e. The number of benzene rings is 1. The lowest BCUT2D eigenvalue weighted by Gasteiger charge is -2.61. The molecule has 0 spiro atoms. The molecule has 0 radical (unpaired) electrons. The molecule has 3 N–H and O–H groups in total. The van der Waals surface area contributed by atoms with Crippen molar-refractivity contribution in [1.29, 1.82) is 0 Å². The van der Waals surface area contributed by atoms with Gasteiger partial charge in [0, 0.05) is 12.5 Å². The van der Waals surface area contributed by atoms with Gasteiger partial charge in [0.25, 0.3) is 10.1 Å². The summed E-state index contributed by atoms with van der Waals surface area (Å²) in [7, 11) is -4.21. The molecule has 1 amide bonds. The monoisotopic (exact) mass is 573 g/mol. The van der Waals surface area contributed by atoms with E-state index in [2.05, 4.69) is 26.1 Å². The highest BCUT2D eigenvalue weighted by molar-refractivity contribution is 7.85. The standard InChI is InChI=1S/C33H51NO5S/c1-22(9-14-31(36)34-25(21-40(37,38)39)19-23-7-5-4-6-8-23)28-12-13-29-27-11-10-24-20-26(35)15-17-32(24,2)30(27)16-18-33(28,29)3/h4-8,22,24-30,35H,9-21H2,1-3H3,(H,34,36)(H,37,38,39)/t22-,24-,25+,26-,27+,28-,29+,30+,32+,33-/m1/s1. The maximum absolute atomic E-state index is 13.0. The molecule has 10 atom stereocenters. The van der Waals surface area contributed by atoms with E-state index in [4.69, 9.17) is 0 Å². The van der Waals surface area contributed by atoms with Crippen LogP contribution in [0.1, 0.15) is 97.0 Å². The highest BCUT2D eigenvalue weighted by Crippen LogP contribution is 2.68. The minimum Gasteiger partial charge on any atom is -0.393 e. The highest BCUT2D eigenvalue weighted by atomic mass is 32.2. The van der Waals surface area contributed by atoms with Gasteiger partial charge >= 0.3 is 0 Å². The fourth-order valence-corrected chi connectivity index (χ4v) is 11.1. The van der Waals surface area contributed by atoms with E-state index in [1.807, 2.05) is 30.3 Å². The third kappa shape index (κ3) is 6.17. The number of fused-ring (bicyclic) bond motifs is 5. The van der Waals surface area contributed by atoms with Crippen molar-refractivity contribution in [3.05, 3.63) is 35.9 Å². The molecular weight excluding hydrogens is 522 g/mol. The van der Waals surface area contributed by atoms with Crippen molar-refractivity contribution in [3.63, 3.8) is 0 Å². The highest BCUT2D eigenvalue weighted by Gasteiger charge is 2.60. The zero-order valence-corrected chi connectivity index (χ0v) is 25.5. The molecule has 4 aliphatic rings. The lowest BCUT2D eigenvalue weighted by atomic mass is 9.44. The van der Waals surface area contributed by atoms with Crippen molar-refractivity contribution in [2.24, 2.45) is 46.3 Å². The van der Waals surface area contributed by atoms with Crippen LogP contribution in [0.4, 0.5) is 0 Å². The topological polar surface area (TPSA) is 104 Å². The molecule has 5 rings (SSSR count). The van der Waals surface area contributed by atoms with Crippen molar-refractivity contribution in [3.8, 4) is 0 Å². The first-order chi connectivity index (χ1) is 18.9. The van der Waals surface area contributed by atoms with Gasteiger partial charge in [-0.3, -0.25) is 9.35 Å². The molecule has 4 saturated carbocycles. The number of amides is 1. The molecule has 40 heavy (non-hydrogen) atoms. The Balaban J connectivity index is 1.18. The van der Waals surface area contributed by atoms with Crippen molar-refractivity contribution in [2.45, 2.75) is 110 Å². The second-order valence-corrected chi connectivity index (χ2v) is 16.0. The molecule has 6 nitrogen and oxygen atoms in total. The third-order valence-corrected chi connectivity index (χ3v) is 13.2. The lowest BCUT2D eigenvalue weighted by Crippen LogP contribution is -2.54. The van der Waals surface area contributed by atoms with Crippen LogP contribution in [-0.4, -0.2) is 41.9 Å². The van der Waals surface area contributed by atoms with Gasteiger partial charge in [0.1, 0.15) is 0 Å². The second-order valence-electron chi connectivity index (χ2n) is 14.5. The number of hydrogen-bond donors (Lipinski definition) is 3. The van der Waals surface area contributed by atoms with Gasteiger partial charge in [-0.25, -0.2) is 0 Å². The quantitative estimate of drug-likeness (QED) is 0.313. The molecule has 0 aliphatic heterocycles. The predicted octanol–water partition coefficient (Wildman–Crippen LogP) is 6.04. The van der Waals surface area contributed by atoms with E-state index >= 15 is 0 Å². The molecule has 0 heterocycles. The Labute approximate surface area is 241 Å². The molecule has 0 saturated heterocycles. The second kappa shape index (κ2) is 11.7. The fraction of sp³-hybridized carbons (Fsp3) is 0.788. The number of carbonyl (C=O) groups excluding carboxylic acids is 1. The van der Waals surface area contributed by atoms with Crippen LogP contribution in [0.3, 0.4) is 0 Å². The van der Waals surface area contributed by atoms with Crippen LogP contribution >= 0.6 is 0 Å². The summed E-state index contributed by atoms with van der Waals surface area (Å²) in [6, 6.07) is 8.83. The summed E-state index contributed by atoms with van der Waals surface area (Å²) >= 11 is 0. The van der Waals surface area contributed by atoms with E-state index in [-0.39, 0.29) is 12.0 Å². The van der Waals surface area contributed by atoms with Crippen LogP contribution in [0.5, 0.6) is 0 Å². The van der Waals surface area contributed by atoms with Crippen LogP contribution in [0.25, 0.3) is 0 Å². The van der Waals surface area contributed by atoms with E-state index in [0.29, 0.717) is 41.4 Å². The maximum Gasteiger partial charge on any atom is 0.266 e. The van der Waals surface area contributed by atoms with Crippen molar-refractivity contribution in [2.75, 3.05) is 5.75 Å². The molecule has 224 valence electrons. The average Bonchev–Trinajstić information content (AvgIpc) is 3.24. The summed E-state index contributed by atoms with van der Waals surface area (Å²) in [4.78, 5) is 13.0. The van der Waals surface area contributed by atoms with Gasteiger partial charge in [0.2, 0.25) is 5.91 Å². The molecule has 4 aliphatic carbocycles. The van der Waals surface area contributed by atoms with Crippen molar-refractivity contribution >= 4 is 16.0 Å². The summed E-state index contributed by atoms with van der Waals surface area (Å²) in [6.45, 7) is 7.41. The first-order valence-electron chi connectivity index (χ1n) is 15.9. The Bertz CT molecular complexity index is 1140. The van der Waals surface area contributed by atoms with Gasteiger partial charge < -0.3 is 10.4 Å². The van der Waals surface area contributed by atoms with Crippen molar-refractivity contribution in [1.82, 2.24) is 5.32 Å². The average molecular weight is 574 g/mol. The minimum absolute atomic E-state index is 0.0981. The SMILES string of the molecule is C[C@H](CCC(=O)N[C@@H](Cc1ccccc1)CS(=O)(=O)O)[C@H]1CC[C@H]2[C@@H]3CC[C@@H]4C[C@H](O)CC[C@]4(C)[C@H]3CC[C@]12C. The first-order valence-corrected chi connectivity index (χ1v) is 17.5. The van der Waals surface area contributed by atoms with Crippen LogP contribution in [0, 0.1) is 46.3 Å². The predicted molar refractivity (Wildman–Crippen MR) is 158 cm³/mol. The third-order valence-electron chi connectivity index (χ3n) is 12.3. The normalized spacial score (nSPS) is 38.9. The molecule has 7 heteroatoms. The fourth-order valence-electron chi connectivity index (χ4n) is 10.4. The molecule has 0 bridgehead atoms. The molecule has 0 aromatic heterocycles. The molecule has 0 unspecified atom stereocenters. The number of rotatable bonds is 9. The number of carbonyl (C=O) groups is 1. The zero-order valence-electron chi connectivity index (χ0n) is 24.7. The summed E-state index contributed by atoms with van der Waals surface area (Å²) in [6.07, 6.45) is 12.3. The van der Waals surface area contributed by atoms with Gasteiger partial charge in [0.05, 0.1) is 11.9 Å². The zero-order chi connectivity index (χ0) is 28.7. The first kappa shape index (κ1) is 30.0. The molecule has 1 aromatic rings. The van der Waals surface area contributed by atoms with Crippen LogP contribution in [0.15, 0.2) is 30.3 Å². The maximum atomic E-state index is 13.0. The van der Waals surface area contributed by atoms with Crippen LogP contribution in [-0.2, 0) is 21.3 Å². The van der Waals surface area contributed by atoms with Gasteiger partial charge in [0.15, 0.2) is 0 Å². The minimum atomic E-state index is -4.21. The van der Waals surface area contributed by atoms with E-state index in [0.717, 1.165) is 42.6 Å². The van der Waals surface area contributed by atoms with E-state index < -0.39 is 21.9 Å². The van der Waals surface area contributed by atoms with E-state index in [1.165, 1.54) is 44.9 Å². The Morgan fingerprint density at radius 1 is 1.00 bits per heavy atom. The van der Waals surface area contributed by atoms with Crippen LogP contribution < -0.4 is 5.32 Å². The number of hydrogen-bond acceptors (Lipinski definition) is 4.